The molecule has 0 heterocycles. The summed E-state index contributed by atoms with van der Waals surface area (Å²) in [6.45, 7) is 1.88. The molecule has 0 aliphatic rings. The van der Waals surface area contributed by atoms with Gasteiger partial charge in [0.25, 0.3) is 0 Å². The van der Waals surface area contributed by atoms with Gasteiger partial charge in [0.05, 0.1) is 0 Å². The van der Waals surface area contributed by atoms with Crippen LogP contribution in [0.25, 0.3) is 0 Å². The summed E-state index contributed by atoms with van der Waals surface area (Å²) in [5, 5.41) is 0. The van der Waals surface area contributed by atoms with Gasteiger partial charge in [-0.15, -0.1) is 0 Å². The fraction of sp³-hybridized carbons (Fsp3) is 0.800. The number of carbonyl (C=O) groups excluding carboxylic acids is 1. The van der Waals surface area contributed by atoms with E-state index in [9.17, 15) is 4.79 Å². The van der Waals surface area contributed by atoms with Crippen LogP contribution in [0.5, 0.6) is 0 Å². The molecule has 0 rings (SSSR count). The maximum absolute atomic E-state index is 10.5. The van der Waals surface area contributed by atoms with Gasteiger partial charge in [-0.25, -0.2) is 0 Å². The summed E-state index contributed by atoms with van der Waals surface area (Å²) in [6.07, 6.45) is 0. The van der Waals surface area contributed by atoms with Gasteiger partial charge >= 0.3 is 62.4 Å². The van der Waals surface area contributed by atoms with Crippen LogP contribution in [-0.2, 0) is 9.53 Å². The Morgan fingerprint density at radius 3 is 2.50 bits per heavy atom. The summed E-state index contributed by atoms with van der Waals surface area (Å²) in [5.41, 5.74) is 0. The Morgan fingerprint density at radius 2 is 2.38 bits per heavy atom. The number of methoxy groups -OCH3 is 1. The molecule has 0 aromatic rings. The van der Waals surface area contributed by atoms with Crippen LogP contribution < -0.4 is 0 Å². The van der Waals surface area contributed by atoms with E-state index in [2.05, 4.69) is 4.74 Å². The Labute approximate surface area is 62.7 Å². The van der Waals surface area contributed by atoms with Crippen molar-refractivity contribution in [3.8, 4) is 0 Å². The zero-order valence-corrected chi connectivity index (χ0v) is 7.96. The topological polar surface area (TPSA) is 26.3 Å². The Bertz CT molecular complexity index is 82.5. The summed E-state index contributed by atoms with van der Waals surface area (Å²) in [6, 6.07) is 0. The first kappa shape index (κ1) is 8.27. The molecule has 8 heavy (non-hydrogen) atoms. The number of carbonyl (C=O) groups is 1. The van der Waals surface area contributed by atoms with Crippen molar-refractivity contribution in [1.29, 1.82) is 0 Å². The Kier molecular flexibility index (Phi) is 4.32. The second kappa shape index (κ2) is 4.18. The normalized spacial score (nSPS) is 13.0. The summed E-state index contributed by atoms with van der Waals surface area (Å²) >= 11 is 1.39. The predicted octanol–water partition coefficient (Wildman–Crippen LogP) is 0.382. The predicted molar refractivity (Wildman–Crippen MR) is 31.7 cm³/mol. The van der Waals surface area contributed by atoms with Crippen molar-refractivity contribution in [1.82, 2.24) is 0 Å². The molecular formula is C5H9O2Sn+3. The third-order valence-corrected chi connectivity index (χ3v) is 2.66. The van der Waals surface area contributed by atoms with Crippen LogP contribution in [0.4, 0.5) is 0 Å². The molecule has 0 aromatic heterocycles. The van der Waals surface area contributed by atoms with Gasteiger partial charge < -0.3 is 0 Å². The Hall–Kier alpha value is 0.269. The monoisotopic (exact) mass is 221 g/mol. The molecule has 1 unspecified atom stereocenters. The number of rotatable bonds is 2. The molecule has 0 radical (unpaired) electrons. The molecule has 0 bridgehead atoms. The van der Waals surface area contributed by atoms with E-state index in [1.165, 1.54) is 29.6 Å². The summed E-state index contributed by atoms with van der Waals surface area (Å²) in [5.74, 6) is 0. The average molecular weight is 220 g/mol. The van der Waals surface area contributed by atoms with Gasteiger partial charge in [-0.3, -0.25) is 0 Å². The summed E-state index contributed by atoms with van der Waals surface area (Å²) in [4.78, 5) is 10.5. The SMILES string of the molecule is COC(=O)C(C)[CH2][Sn+3]. The van der Waals surface area contributed by atoms with Gasteiger partial charge in [0, 0.05) is 0 Å². The van der Waals surface area contributed by atoms with Crippen LogP contribution in [0, 0.1) is 5.92 Å². The number of esters is 1. The van der Waals surface area contributed by atoms with Crippen LogP contribution in [-0.4, -0.2) is 35.6 Å². The molecular weight excluding hydrogens is 211 g/mol. The quantitative estimate of drug-likeness (QED) is 0.496. The minimum absolute atomic E-state index is 0.0956. The molecule has 0 amide bonds. The van der Waals surface area contributed by atoms with Crippen LogP contribution in [0.2, 0.25) is 4.44 Å². The molecule has 0 saturated carbocycles. The number of hydrogen-bond acceptors (Lipinski definition) is 2. The molecule has 3 heteroatoms. The third kappa shape index (κ3) is 2.55. The molecule has 2 nitrogen and oxygen atoms in total. The molecule has 0 aromatic carbocycles. The molecule has 0 fully saturated rings. The van der Waals surface area contributed by atoms with Crippen molar-refractivity contribution < 1.29 is 9.53 Å². The van der Waals surface area contributed by atoms with Gasteiger partial charge in [0.2, 0.25) is 0 Å². The molecule has 1 atom stereocenters. The number of hydrogen-bond donors (Lipinski definition) is 0. The first-order valence-electron chi connectivity index (χ1n) is 2.44. The molecule has 0 N–H and O–H groups in total. The average Bonchev–Trinajstić information content (AvgIpc) is 1.84. The van der Waals surface area contributed by atoms with Crippen LogP contribution in [0.3, 0.4) is 0 Å². The van der Waals surface area contributed by atoms with Crippen molar-refractivity contribution in [2.45, 2.75) is 11.4 Å². The fourth-order valence-corrected chi connectivity index (χ4v) is 0.760. The molecule has 0 aliphatic carbocycles. The molecule has 0 aliphatic heterocycles. The first-order valence-corrected chi connectivity index (χ1v) is 4.46. The van der Waals surface area contributed by atoms with Crippen molar-refractivity contribution >= 4 is 28.5 Å². The van der Waals surface area contributed by atoms with Crippen molar-refractivity contribution in [3.05, 3.63) is 0 Å². The van der Waals surface area contributed by atoms with Crippen molar-refractivity contribution in [2.24, 2.45) is 5.92 Å². The fourth-order valence-electron chi connectivity index (χ4n) is 0.285. The van der Waals surface area contributed by atoms with Crippen molar-refractivity contribution in [3.63, 3.8) is 0 Å². The van der Waals surface area contributed by atoms with Crippen molar-refractivity contribution in [2.75, 3.05) is 7.11 Å². The van der Waals surface area contributed by atoms with Gasteiger partial charge in [-0.2, -0.15) is 0 Å². The molecule has 0 spiro atoms. The van der Waals surface area contributed by atoms with Gasteiger partial charge in [-0.05, 0) is 0 Å². The van der Waals surface area contributed by atoms with Crippen LogP contribution >= 0.6 is 0 Å². The maximum atomic E-state index is 10.5. The zero-order chi connectivity index (χ0) is 6.57. The Morgan fingerprint density at radius 1 is 1.88 bits per heavy atom. The van der Waals surface area contributed by atoms with Crippen LogP contribution in [0.1, 0.15) is 6.92 Å². The standard InChI is InChI=1S/C5H9O2.Sn/c1-4(2)5(6)7-3;/h4H,1H2,2-3H3;/q;+3. The molecule has 0 saturated heterocycles. The minimum atomic E-state index is -0.0956. The van der Waals surface area contributed by atoms with Gasteiger partial charge in [-0.1, -0.05) is 0 Å². The van der Waals surface area contributed by atoms with E-state index in [-0.39, 0.29) is 11.9 Å². The van der Waals surface area contributed by atoms with E-state index < -0.39 is 0 Å². The van der Waals surface area contributed by atoms with Gasteiger partial charge in [0.1, 0.15) is 0 Å². The summed E-state index contributed by atoms with van der Waals surface area (Å²) in [7, 11) is 1.42. The van der Waals surface area contributed by atoms with E-state index in [0.717, 1.165) is 4.44 Å². The van der Waals surface area contributed by atoms with Gasteiger partial charge in [0.15, 0.2) is 0 Å². The number of ether oxygens (including phenoxy) is 1. The molecule has 42 valence electrons. The van der Waals surface area contributed by atoms with E-state index in [1.807, 2.05) is 6.92 Å². The van der Waals surface area contributed by atoms with Crippen LogP contribution in [0.15, 0.2) is 0 Å². The third-order valence-electron chi connectivity index (χ3n) is 0.910. The second-order valence-corrected chi connectivity index (χ2v) is 2.79. The first-order chi connectivity index (χ1) is 3.72. The van der Waals surface area contributed by atoms with E-state index in [1.54, 1.807) is 0 Å². The zero-order valence-electron chi connectivity index (χ0n) is 5.10. The van der Waals surface area contributed by atoms with E-state index in [0.29, 0.717) is 0 Å². The van der Waals surface area contributed by atoms with E-state index in [4.69, 9.17) is 0 Å². The van der Waals surface area contributed by atoms with E-state index >= 15 is 0 Å². The Balaban J connectivity index is 3.46. The second-order valence-electron chi connectivity index (χ2n) is 1.63. The summed E-state index contributed by atoms with van der Waals surface area (Å²) < 4.78 is 5.42.